The van der Waals surface area contributed by atoms with Gasteiger partial charge in [0.15, 0.2) is 0 Å². The van der Waals surface area contributed by atoms with Crippen LogP contribution in [-0.4, -0.2) is 20.6 Å². The summed E-state index contributed by atoms with van der Waals surface area (Å²) in [7, 11) is 0. The van der Waals surface area contributed by atoms with Gasteiger partial charge in [-0.15, -0.1) is 0 Å². The van der Waals surface area contributed by atoms with Crippen molar-refractivity contribution in [3.05, 3.63) is 0 Å². The van der Waals surface area contributed by atoms with Gasteiger partial charge in [0.05, 0.1) is 0 Å². The van der Waals surface area contributed by atoms with E-state index in [0.717, 1.165) is 0 Å². The molecule has 7 heavy (non-hydrogen) atoms. The van der Waals surface area contributed by atoms with Crippen molar-refractivity contribution in [3.63, 3.8) is 0 Å². The average Bonchev–Trinajstić information content (AvgIpc) is 1.86. The van der Waals surface area contributed by atoms with Crippen LogP contribution in [-0.2, 0) is 0 Å². The molecule has 0 aliphatic heterocycles. The lowest BCUT2D eigenvalue weighted by atomic mass is 11.2. The Morgan fingerprint density at radius 1 is 1.57 bits per heavy atom. The van der Waals surface area contributed by atoms with E-state index in [1.54, 1.807) is 0 Å². The number of nitrogen functional groups attached to an aromatic ring is 1. The molecule has 0 fully saturated rings. The van der Waals surface area contributed by atoms with Crippen LogP contribution in [0.5, 0.6) is 0 Å². The summed E-state index contributed by atoms with van der Waals surface area (Å²) in [4.78, 5) is 0. The fourth-order valence-corrected chi connectivity index (χ4v) is 0.166. The topological polar surface area (TPSA) is 115 Å². The maximum Gasteiger partial charge on any atom is 0.237 e. The zero-order valence-corrected chi connectivity index (χ0v) is 3.63. The zero-order chi connectivity index (χ0) is 4.41. The normalized spacial score (nSPS) is 7.43. The highest BCUT2D eigenvalue weighted by molar-refractivity contribution is 5.05. The number of nitrogens with two attached hydrogens (primary N) is 1. The molecule has 0 saturated carbocycles. The Kier molecular flexibility index (Phi) is 1.74. The van der Waals surface area contributed by atoms with E-state index >= 15 is 0 Å². The summed E-state index contributed by atoms with van der Waals surface area (Å²) >= 11 is 0. The summed E-state index contributed by atoms with van der Waals surface area (Å²) in [5, 5.41) is 11.9. The third-order valence-electron chi connectivity index (χ3n) is 0.362. The lowest BCUT2D eigenvalue weighted by Crippen LogP contribution is -1.84. The minimum atomic E-state index is 0. The predicted octanol–water partition coefficient (Wildman–Crippen LogP) is -1.06. The van der Waals surface area contributed by atoms with Crippen molar-refractivity contribution >= 4 is 5.95 Å². The standard InChI is InChI=1S/CH3N5.H3N/c2-1-3-5-6-4-1;/h(H3,2,3,4,5,6);1H3. The molecule has 0 amide bonds. The first-order valence-corrected chi connectivity index (χ1v) is 1.39. The maximum absolute atomic E-state index is 4.99. The summed E-state index contributed by atoms with van der Waals surface area (Å²) in [6, 6.07) is 0. The van der Waals surface area contributed by atoms with E-state index in [0.29, 0.717) is 0 Å². The van der Waals surface area contributed by atoms with Crippen LogP contribution in [0.1, 0.15) is 0 Å². The Balaban J connectivity index is 0.000000360. The summed E-state index contributed by atoms with van der Waals surface area (Å²) in [5.74, 6) is 0.245. The SMILES string of the molecule is N.Nc1nnn[nH]1. The van der Waals surface area contributed by atoms with E-state index < -0.39 is 0 Å². The van der Waals surface area contributed by atoms with E-state index in [4.69, 9.17) is 5.73 Å². The van der Waals surface area contributed by atoms with E-state index in [1.807, 2.05) is 0 Å². The molecule has 0 radical (unpaired) electrons. The quantitative estimate of drug-likeness (QED) is 0.386. The van der Waals surface area contributed by atoms with Crippen molar-refractivity contribution in [3.8, 4) is 0 Å². The largest absolute Gasteiger partial charge is 0.367 e. The van der Waals surface area contributed by atoms with Crippen LogP contribution in [0.4, 0.5) is 5.95 Å². The highest BCUT2D eigenvalue weighted by Gasteiger charge is 1.77. The number of aromatic amines is 1. The van der Waals surface area contributed by atoms with Gasteiger partial charge in [0.25, 0.3) is 0 Å². The molecular weight excluding hydrogens is 96.1 g/mol. The van der Waals surface area contributed by atoms with Gasteiger partial charge in [-0.25, -0.2) is 5.10 Å². The van der Waals surface area contributed by atoms with Gasteiger partial charge in [0, 0.05) is 0 Å². The molecular formula is CH6N6. The molecule has 0 unspecified atom stereocenters. The molecule has 6 nitrogen and oxygen atoms in total. The highest BCUT2D eigenvalue weighted by atomic mass is 15.5. The van der Waals surface area contributed by atoms with Gasteiger partial charge >= 0.3 is 0 Å². The van der Waals surface area contributed by atoms with Gasteiger partial charge in [-0.05, 0) is 10.4 Å². The fourth-order valence-electron chi connectivity index (χ4n) is 0.166. The first kappa shape index (κ1) is 5.83. The molecule has 40 valence electrons. The molecule has 1 rings (SSSR count). The van der Waals surface area contributed by atoms with Crippen molar-refractivity contribution in [1.29, 1.82) is 0 Å². The first-order valence-electron chi connectivity index (χ1n) is 1.39. The van der Waals surface area contributed by atoms with Crippen LogP contribution in [0.25, 0.3) is 0 Å². The third-order valence-corrected chi connectivity index (χ3v) is 0.362. The molecule has 0 aliphatic rings. The van der Waals surface area contributed by atoms with Gasteiger partial charge in [0.1, 0.15) is 0 Å². The molecule has 0 saturated heterocycles. The predicted molar refractivity (Wildman–Crippen MR) is 23.6 cm³/mol. The van der Waals surface area contributed by atoms with Crippen molar-refractivity contribution < 1.29 is 0 Å². The number of nitrogens with zero attached hydrogens (tertiary/aromatic N) is 3. The van der Waals surface area contributed by atoms with Crippen molar-refractivity contribution in [1.82, 2.24) is 26.8 Å². The van der Waals surface area contributed by atoms with Gasteiger partial charge in [-0.1, -0.05) is 5.10 Å². The van der Waals surface area contributed by atoms with Gasteiger partial charge in [-0.2, -0.15) is 0 Å². The third kappa shape index (κ3) is 1.14. The van der Waals surface area contributed by atoms with E-state index in [1.165, 1.54) is 0 Å². The second-order valence-electron chi connectivity index (χ2n) is 0.786. The molecule has 6 N–H and O–H groups in total. The number of H-pyrrole nitrogens is 1. The van der Waals surface area contributed by atoms with Gasteiger partial charge in [-0.3, -0.25) is 0 Å². The zero-order valence-electron chi connectivity index (χ0n) is 3.63. The molecule has 0 aliphatic carbocycles. The number of anilines is 1. The van der Waals surface area contributed by atoms with Gasteiger partial charge in [0.2, 0.25) is 5.95 Å². The monoisotopic (exact) mass is 102 g/mol. The first-order chi connectivity index (χ1) is 2.89. The van der Waals surface area contributed by atoms with E-state index in [-0.39, 0.29) is 12.1 Å². The van der Waals surface area contributed by atoms with Crippen molar-refractivity contribution in [2.24, 2.45) is 0 Å². The van der Waals surface area contributed by atoms with Crippen LogP contribution in [0.3, 0.4) is 0 Å². The Labute approximate surface area is 39.7 Å². The molecule has 0 spiro atoms. The second-order valence-corrected chi connectivity index (χ2v) is 0.786. The van der Waals surface area contributed by atoms with Crippen LogP contribution in [0.2, 0.25) is 0 Å². The second kappa shape index (κ2) is 2.08. The van der Waals surface area contributed by atoms with Crippen LogP contribution < -0.4 is 11.9 Å². The number of tetrazole rings is 1. The average molecular weight is 102 g/mol. The molecule has 0 aromatic carbocycles. The maximum atomic E-state index is 4.99. The number of nitrogens with one attached hydrogen (secondary N) is 1. The molecule has 1 aromatic rings. The molecule has 0 atom stereocenters. The summed E-state index contributed by atoms with van der Waals surface area (Å²) < 4.78 is 0. The highest BCUT2D eigenvalue weighted by Crippen LogP contribution is 1.72. The number of hydrogen-bond donors (Lipinski definition) is 3. The van der Waals surface area contributed by atoms with Crippen molar-refractivity contribution in [2.45, 2.75) is 0 Å². The van der Waals surface area contributed by atoms with Gasteiger partial charge < -0.3 is 11.9 Å². The summed E-state index contributed by atoms with van der Waals surface area (Å²) in [6.07, 6.45) is 0. The van der Waals surface area contributed by atoms with Crippen molar-refractivity contribution in [2.75, 3.05) is 5.73 Å². The lowest BCUT2D eigenvalue weighted by molar-refractivity contribution is 0.881. The number of aromatic nitrogens is 4. The smallest absolute Gasteiger partial charge is 0.237 e. The Morgan fingerprint density at radius 3 is 2.43 bits per heavy atom. The van der Waals surface area contributed by atoms with Crippen LogP contribution in [0, 0.1) is 0 Å². The number of hydrogen-bond acceptors (Lipinski definition) is 5. The lowest BCUT2D eigenvalue weighted by Gasteiger charge is -1.65. The van der Waals surface area contributed by atoms with E-state index in [2.05, 4.69) is 20.6 Å². The van der Waals surface area contributed by atoms with Crippen LogP contribution in [0.15, 0.2) is 0 Å². The Morgan fingerprint density at radius 2 is 2.29 bits per heavy atom. The van der Waals surface area contributed by atoms with E-state index in [9.17, 15) is 0 Å². The Hall–Kier alpha value is -1.17. The molecule has 6 heteroatoms. The summed E-state index contributed by atoms with van der Waals surface area (Å²) in [6.45, 7) is 0. The Bertz CT molecular complexity index is 108. The summed E-state index contributed by atoms with van der Waals surface area (Å²) in [5.41, 5.74) is 4.99. The number of rotatable bonds is 0. The van der Waals surface area contributed by atoms with Crippen LogP contribution >= 0.6 is 0 Å². The molecule has 0 bridgehead atoms. The minimum Gasteiger partial charge on any atom is -0.367 e. The fraction of sp³-hybridized carbons (Fsp3) is 0. The minimum absolute atomic E-state index is 0. The molecule has 1 aromatic heterocycles. The molecule has 1 heterocycles.